The van der Waals surface area contributed by atoms with E-state index in [1.807, 2.05) is 30.3 Å². The molecular weight excluding hydrogens is 516 g/mol. The number of piperazine rings is 1. The van der Waals surface area contributed by atoms with E-state index in [-0.39, 0.29) is 5.91 Å². The topological polar surface area (TPSA) is 64.9 Å². The quantitative estimate of drug-likeness (QED) is 0.398. The van der Waals surface area contributed by atoms with Crippen molar-refractivity contribution in [2.75, 3.05) is 44.2 Å². The summed E-state index contributed by atoms with van der Waals surface area (Å²) in [7, 11) is 0. The number of anilines is 1. The maximum absolute atomic E-state index is 12.6. The van der Waals surface area contributed by atoms with Crippen LogP contribution >= 0.6 is 23.4 Å². The summed E-state index contributed by atoms with van der Waals surface area (Å²) in [4.78, 5) is 33.7. The van der Waals surface area contributed by atoms with Gasteiger partial charge >= 0.3 is 0 Å². The lowest BCUT2D eigenvalue weighted by Gasteiger charge is -2.38. The lowest BCUT2D eigenvalue weighted by Crippen LogP contribution is -2.49. The molecule has 3 aliphatic rings. The Labute approximate surface area is 232 Å². The number of likely N-dealkylation sites (tertiary alicyclic amines) is 1. The van der Waals surface area contributed by atoms with E-state index in [1.165, 1.54) is 11.8 Å². The number of benzene rings is 2. The van der Waals surface area contributed by atoms with Gasteiger partial charge in [0.1, 0.15) is 6.33 Å². The van der Waals surface area contributed by atoms with E-state index in [2.05, 4.69) is 55.6 Å². The molecule has 9 heteroatoms. The second kappa shape index (κ2) is 10.7. The lowest BCUT2D eigenvalue weighted by atomic mass is 10.0. The molecule has 2 fully saturated rings. The predicted octanol–water partition coefficient (Wildman–Crippen LogP) is 5.55. The van der Waals surface area contributed by atoms with Gasteiger partial charge in [0.15, 0.2) is 5.17 Å². The highest BCUT2D eigenvalue weighted by Gasteiger charge is 2.27. The number of carbonyl (C=O) groups excluding carboxylic acids is 1. The number of rotatable bonds is 4. The van der Waals surface area contributed by atoms with Crippen molar-refractivity contribution in [2.45, 2.75) is 32.7 Å². The highest BCUT2D eigenvalue weighted by molar-refractivity contribution is 8.18. The van der Waals surface area contributed by atoms with Crippen LogP contribution < -0.4 is 4.90 Å². The Balaban J connectivity index is 1.26. The summed E-state index contributed by atoms with van der Waals surface area (Å²) >= 11 is 8.29. The van der Waals surface area contributed by atoms with Crippen molar-refractivity contribution in [1.29, 1.82) is 0 Å². The minimum atomic E-state index is -0.168. The fourth-order valence-electron chi connectivity index (χ4n) is 5.38. The van der Waals surface area contributed by atoms with E-state index in [4.69, 9.17) is 11.6 Å². The Morgan fingerprint density at radius 2 is 1.74 bits per heavy atom. The second-order valence-electron chi connectivity index (χ2n) is 10.3. The number of amidine groups is 1. The van der Waals surface area contributed by atoms with E-state index < -0.39 is 0 Å². The minimum absolute atomic E-state index is 0.168. The van der Waals surface area contributed by atoms with Gasteiger partial charge in [0.2, 0.25) is 0 Å². The molecule has 0 atom stereocenters. The van der Waals surface area contributed by atoms with Gasteiger partial charge in [-0.15, -0.1) is 0 Å². The largest absolute Gasteiger partial charge is 0.368 e. The average molecular weight is 547 g/mol. The number of hydrogen-bond donors (Lipinski definition) is 0. The molecule has 3 aromatic rings. The Hall–Kier alpha value is -2.94. The normalized spacial score (nSPS) is 19.8. The fourth-order valence-corrected chi connectivity index (χ4v) is 6.64. The highest BCUT2D eigenvalue weighted by atomic mass is 35.5. The summed E-state index contributed by atoms with van der Waals surface area (Å²) in [5, 5.41) is 2.47. The van der Waals surface area contributed by atoms with Crippen molar-refractivity contribution in [3.05, 3.63) is 58.2 Å². The van der Waals surface area contributed by atoms with Gasteiger partial charge in [-0.25, -0.2) is 9.97 Å². The first kappa shape index (κ1) is 25.3. The van der Waals surface area contributed by atoms with Gasteiger partial charge in [-0.3, -0.25) is 9.69 Å². The van der Waals surface area contributed by atoms with Crippen molar-refractivity contribution < 1.29 is 4.79 Å². The van der Waals surface area contributed by atoms with Crippen LogP contribution in [0.25, 0.3) is 28.2 Å². The summed E-state index contributed by atoms with van der Waals surface area (Å²) < 4.78 is 0. The van der Waals surface area contributed by atoms with Crippen molar-refractivity contribution >= 4 is 57.1 Å². The highest BCUT2D eigenvalue weighted by Crippen LogP contribution is 2.35. The van der Waals surface area contributed by atoms with Crippen LogP contribution in [0.2, 0.25) is 5.02 Å². The number of halogens is 1. The molecule has 0 spiro atoms. The number of hydrogen-bond acceptors (Lipinski definition) is 7. The van der Waals surface area contributed by atoms with Crippen LogP contribution in [0.1, 0.15) is 32.3 Å². The number of carbonyl (C=O) groups is 1. The molecule has 0 bridgehead atoms. The number of amides is 1. The maximum atomic E-state index is 12.6. The van der Waals surface area contributed by atoms with Gasteiger partial charge in [0.25, 0.3) is 5.91 Å². The number of nitrogens with zero attached hydrogens (tertiary/aromatic N) is 6. The molecule has 38 heavy (non-hydrogen) atoms. The third kappa shape index (κ3) is 5.05. The molecule has 3 aliphatic heterocycles. The zero-order valence-electron chi connectivity index (χ0n) is 21.7. The molecule has 1 amide bonds. The first-order valence-corrected chi connectivity index (χ1v) is 14.5. The Morgan fingerprint density at radius 1 is 0.947 bits per heavy atom. The summed E-state index contributed by atoms with van der Waals surface area (Å²) in [6, 6.07) is 12.8. The van der Waals surface area contributed by atoms with E-state index in [9.17, 15) is 4.79 Å². The van der Waals surface area contributed by atoms with E-state index in [1.54, 1.807) is 6.33 Å². The molecule has 2 aromatic carbocycles. The summed E-state index contributed by atoms with van der Waals surface area (Å²) in [5.41, 5.74) is 4.61. The van der Waals surface area contributed by atoms with Crippen LogP contribution in [-0.4, -0.2) is 76.2 Å². The smallest absolute Gasteiger partial charge is 0.286 e. The third-order valence-corrected chi connectivity index (χ3v) is 8.90. The van der Waals surface area contributed by atoms with Crippen LogP contribution in [0.3, 0.4) is 0 Å². The predicted molar refractivity (Wildman–Crippen MR) is 158 cm³/mol. The minimum Gasteiger partial charge on any atom is -0.368 e. The average Bonchev–Trinajstić information content (AvgIpc) is 3.59. The number of fused-ring (bicyclic) bond motifs is 1. The zero-order valence-corrected chi connectivity index (χ0v) is 23.3. The van der Waals surface area contributed by atoms with E-state index >= 15 is 0 Å². The molecule has 4 heterocycles. The van der Waals surface area contributed by atoms with Crippen molar-refractivity contribution in [1.82, 2.24) is 19.8 Å². The van der Waals surface area contributed by atoms with Gasteiger partial charge in [-0.2, -0.15) is 4.99 Å². The fraction of sp³-hybridized carbons (Fsp3) is 0.379. The molecule has 0 unspecified atom stereocenters. The van der Waals surface area contributed by atoms with Gasteiger partial charge in [0, 0.05) is 56.3 Å². The van der Waals surface area contributed by atoms with E-state index in [0.29, 0.717) is 10.9 Å². The molecule has 6 rings (SSSR count). The summed E-state index contributed by atoms with van der Waals surface area (Å²) in [5.74, 6) is -0.168. The summed E-state index contributed by atoms with van der Waals surface area (Å²) in [6.07, 6.45) is 5.82. The Bertz CT molecular complexity index is 1440. The lowest BCUT2D eigenvalue weighted by molar-refractivity contribution is -0.113. The molecule has 0 saturated carbocycles. The first-order chi connectivity index (χ1) is 18.5. The van der Waals surface area contributed by atoms with Gasteiger partial charge in [-0.1, -0.05) is 23.7 Å². The first-order valence-electron chi connectivity index (χ1n) is 13.3. The molecule has 0 N–H and O–H groups in total. The van der Waals surface area contributed by atoms with Crippen LogP contribution in [0.15, 0.2) is 52.6 Å². The summed E-state index contributed by atoms with van der Waals surface area (Å²) in [6.45, 7) is 10.4. The third-order valence-electron chi connectivity index (χ3n) is 7.55. The standard InChI is InChI=1S/C29H31ClN6OS/c1-19(2)34-11-13-35(14-12-34)25-8-6-21(17-23(25)30)27-22-15-20(5-7-24(22)31-18-32-27)16-26-28(37)33-29(38-26)36-9-3-4-10-36/h5-8,15-19H,3-4,9-14H2,1-2H3/b26-16-. The second-order valence-corrected chi connectivity index (χ2v) is 11.7. The maximum Gasteiger partial charge on any atom is 0.286 e. The monoisotopic (exact) mass is 546 g/mol. The molecule has 1 aromatic heterocycles. The SMILES string of the molecule is CC(C)N1CCN(c2ccc(-c3ncnc4ccc(/C=C5\SC(N6CCCC6)=NC5=O)cc34)cc2Cl)CC1. The van der Waals surface area contributed by atoms with Gasteiger partial charge < -0.3 is 9.80 Å². The molecule has 196 valence electrons. The van der Waals surface area contributed by atoms with Crippen molar-refractivity contribution in [3.63, 3.8) is 0 Å². The van der Waals surface area contributed by atoms with Crippen molar-refractivity contribution in [3.8, 4) is 11.3 Å². The van der Waals surface area contributed by atoms with Gasteiger partial charge in [0.05, 0.1) is 26.8 Å². The van der Waals surface area contributed by atoms with Crippen LogP contribution in [0.5, 0.6) is 0 Å². The molecule has 0 radical (unpaired) electrons. The number of aliphatic imine (C=N–C) groups is 1. The molecule has 2 saturated heterocycles. The van der Waals surface area contributed by atoms with Crippen LogP contribution in [0.4, 0.5) is 5.69 Å². The van der Waals surface area contributed by atoms with Crippen molar-refractivity contribution in [2.24, 2.45) is 4.99 Å². The molecule has 0 aliphatic carbocycles. The number of thioether (sulfide) groups is 1. The van der Waals surface area contributed by atoms with E-state index in [0.717, 1.165) is 95.7 Å². The zero-order chi connectivity index (χ0) is 26.2. The van der Waals surface area contributed by atoms with Crippen LogP contribution in [-0.2, 0) is 4.79 Å². The molecular formula is C29H31ClN6OS. The number of aromatic nitrogens is 2. The van der Waals surface area contributed by atoms with Crippen LogP contribution in [0, 0.1) is 0 Å². The Kier molecular flexibility index (Phi) is 7.12. The Morgan fingerprint density at radius 3 is 2.47 bits per heavy atom. The van der Waals surface area contributed by atoms with Gasteiger partial charge in [-0.05, 0) is 74.4 Å². The molecule has 7 nitrogen and oxygen atoms in total.